The molecular formula is C15H28N2O3. The van der Waals surface area contributed by atoms with Crippen molar-refractivity contribution >= 4 is 11.9 Å². The molecule has 1 saturated carbocycles. The van der Waals surface area contributed by atoms with Crippen LogP contribution in [0.3, 0.4) is 0 Å². The minimum atomic E-state index is -0.723. The van der Waals surface area contributed by atoms with Gasteiger partial charge in [0.15, 0.2) is 0 Å². The zero-order valence-corrected chi connectivity index (χ0v) is 13.0. The molecule has 3 N–H and O–H groups in total. The van der Waals surface area contributed by atoms with Crippen LogP contribution in [0, 0.1) is 17.3 Å². The van der Waals surface area contributed by atoms with Crippen LogP contribution in [0.25, 0.3) is 0 Å². The number of aliphatic carboxylic acids is 1. The summed E-state index contributed by atoms with van der Waals surface area (Å²) in [5, 5.41) is 15.5. The van der Waals surface area contributed by atoms with E-state index in [1.54, 1.807) is 0 Å². The van der Waals surface area contributed by atoms with Gasteiger partial charge in [-0.15, -0.1) is 0 Å². The van der Waals surface area contributed by atoms with Crippen LogP contribution in [0.2, 0.25) is 0 Å². The number of rotatable bonds is 6. The van der Waals surface area contributed by atoms with Gasteiger partial charge in [0.2, 0.25) is 5.91 Å². The average Bonchev–Trinajstić information content (AvgIpc) is 2.35. The SMILES string of the molecule is CCNCCC(=O)NC1CCC(C(=O)O)C(C)(C)C1C. The van der Waals surface area contributed by atoms with E-state index in [1.807, 2.05) is 27.7 Å². The van der Waals surface area contributed by atoms with Crippen LogP contribution in [0.5, 0.6) is 0 Å². The second kappa shape index (κ2) is 7.07. The zero-order valence-electron chi connectivity index (χ0n) is 13.0. The number of carboxylic acid groups (broad SMARTS) is 1. The number of nitrogens with one attached hydrogen (secondary N) is 2. The Kier molecular flexibility index (Phi) is 5.99. The van der Waals surface area contributed by atoms with Gasteiger partial charge in [-0.2, -0.15) is 0 Å². The van der Waals surface area contributed by atoms with E-state index < -0.39 is 5.97 Å². The maximum absolute atomic E-state index is 11.9. The molecule has 1 rings (SSSR count). The smallest absolute Gasteiger partial charge is 0.307 e. The Morgan fingerprint density at radius 1 is 1.30 bits per heavy atom. The Hall–Kier alpha value is -1.10. The number of carboxylic acids is 1. The van der Waals surface area contributed by atoms with E-state index >= 15 is 0 Å². The molecule has 116 valence electrons. The van der Waals surface area contributed by atoms with E-state index in [0.29, 0.717) is 19.4 Å². The molecule has 0 saturated heterocycles. The fraction of sp³-hybridized carbons (Fsp3) is 0.867. The minimum absolute atomic E-state index is 0.0485. The highest BCUT2D eigenvalue weighted by atomic mass is 16.4. The number of amides is 1. The molecule has 1 aliphatic carbocycles. The van der Waals surface area contributed by atoms with Gasteiger partial charge >= 0.3 is 5.97 Å². The maximum Gasteiger partial charge on any atom is 0.307 e. The number of carbonyl (C=O) groups is 2. The molecular weight excluding hydrogens is 256 g/mol. The first kappa shape index (κ1) is 17.0. The number of hydrogen-bond acceptors (Lipinski definition) is 3. The molecule has 1 aliphatic rings. The lowest BCUT2D eigenvalue weighted by atomic mass is 9.61. The van der Waals surface area contributed by atoms with Crippen LogP contribution in [0.4, 0.5) is 0 Å². The summed E-state index contributed by atoms with van der Waals surface area (Å²) in [7, 11) is 0. The van der Waals surface area contributed by atoms with Crippen molar-refractivity contribution in [3.63, 3.8) is 0 Å². The van der Waals surface area contributed by atoms with Crippen molar-refractivity contribution in [2.45, 2.75) is 53.0 Å². The monoisotopic (exact) mass is 284 g/mol. The lowest BCUT2D eigenvalue weighted by Crippen LogP contribution is -2.52. The summed E-state index contributed by atoms with van der Waals surface area (Å²) in [6.45, 7) is 9.59. The molecule has 1 fully saturated rings. The van der Waals surface area contributed by atoms with Gasteiger partial charge in [0.1, 0.15) is 0 Å². The van der Waals surface area contributed by atoms with Crippen molar-refractivity contribution in [1.29, 1.82) is 0 Å². The maximum atomic E-state index is 11.9. The first-order valence-electron chi connectivity index (χ1n) is 7.53. The normalized spacial score (nSPS) is 28.9. The van der Waals surface area contributed by atoms with Gasteiger partial charge in [0.25, 0.3) is 0 Å². The van der Waals surface area contributed by atoms with Crippen LogP contribution in [0.1, 0.15) is 47.0 Å². The zero-order chi connectivity index (χ0) is 15.3. The number of carbonyl (C=O) groups excluding carboxylic acids is 1. The third-order valence-electron chi connectivity index (χ3n) is 4.86. The van der Waals surface area contributed by atoms with Crippen molar-refractivity contribution in [2.24, 2.45) is 17.3 Å². The van der Waals surface area contributed by atoms with Crippen LogP contribution < -0.4 is 10.6 Å². The summed E-state index contributed by atoms with van der Waals surface area (Å²) in [4.78, 5) is 23.2. The first-order valence-corrected chi connectivity index (χ1v) is 7.53. The van der Waals surface area contributed by atoms with E-state index in [-0.39, 0.29) is 29.2 Å². The van der Waals surface area contributed by atoms with Crippen LogP contribution >= 0.6 is 0 Å². The topological polar surface area (TPSA) is 78.4 Å². The summed E-state index contributed by atoms with van der Waals surface area (Å²) < 4.78 is 0. The van der Waals surface area contributed by atoms with Gasteiger partial charge in [0, 0.05) is 19.0 Å². The second-order valence-corrected chi connectivity index (χ2v) is 6.36. The molecule has 0 spiro atoms. The molecule has 20 heavy (non-hydrogen) atoms. The predicted molar refractivity (Wildman–Crippen MR) is 78.4 cm³/mol. The fourth-order valence-corrected chi connectivity index (χ4v) is 3.10. The molecule has 0 heterocycles. The van der Waals surface area contributed by atoms with Gasteiger partial charge in [-0.3, -0.25) is 9.59 Å². The summed E-state index contributed by atoms with van der Waals surface area (Å²) in [6.07, 6.45) is 1.85. The van der Waals surface area contributed by atoms with Crippen LogP contribution in [-0.2, 0) is 9.59 Å². The lowest BCUT2D eigenvalue weighted by Gasteiger charge is -2.46. The Balaban J connectivity index is 2.57. The molecule has 5 nitrogen and oxygen atoms in total. The van der Waals surface area contributed by atoms with E-state index in [1.165, 1.54) is 0 Å². The fourth-order valence-electron chi connectivity index (χ4n) is 3.10. The van der Waals surface area contributed by atoms with Crippen molar-refractivity contribution in [3.05, 3.63) is 0 Å². The predicted octanol–water partition coefficient (Wildman–Crippen LogP) is 1.63. The van der Waals surface area contributed by atoms with E-state index in [0.717, 1.165) is 13.0 Å². The quantitative estimate of drug-likeness (QED) is 0.648. The van der Waals surface area contributed by atoms with Gasteiger partial charge < -0.3 is 15.7 Å². The van der Waals surface area contributed by atoms with Crippen LogP contribution in [0.15, 0.2) is 0 Å². The Morgan fingerprint density at radius 2 is 1.95 bits per heavy atom. The summed E-state index contributed by atoms with van der Waals surface area (Å²) >= 11 is 0. The van der Waals surface area contributed by atoms with Crippen molar-refractivity contribution < 1.29 is 14.7 Å². The van der Waals surface area contributed by atoms with Crippen molar-refractivity contribution in [1.82, 2.24) is 10.6 Å². The molecule has 3 atom stereocenters. The van der Waals surface area contributed by atoms with E-state index in [2.05, 4.69) is 10.6 Å². The van der Waals surface area contributed by atoms with Crippen molar-refractivity contribution in [3.8, 4) is 0 Å². The van der Waals surface area contributed by atoms with E-state index in [4.69, 9.17) is 0 Å². The van der Waals surface area contributed by atoms with Crippen LogP contribution in [-0.4, -0.2) is 36.1 Å². The average molecular weight is 284 g/mol. The first-order chi connectivity index (χ1) is 9.30. The second-order valence-electron chi connectivity index (χ2n) is 6.36. The standard InChI is InChI=1S/C15H28N2O3/c1-5-16-9-8-13(18)17-12-7-6-11(14(19)20)15(3,4)10(12)2/h10-12,16H,5-9H2,1-4H3,(H,17,18)(H,19,20). The highest BCUT2D eigenvalue weighted by molar-refractivity contribution is 5.76. The third kappa shape index (κ3) is 3.95. The summed E-state index contributed by atoms with van der Waals surface area (Å²) in [5.41, 5.74) is -0.302. The molecule has 0 bridgehead atoms. The molecule has 3 unspecified atom stereocenters. The van der Waals surface area contributed by atoms with Gasteiger partial charge in [-0.05, 0) is 30.7 Å². The van der Waals surface area contributed by atoms with Gasteiger partial charge in [-0.1, -0.05) is 27.7 Å². The highest BCUT2D eigenvalue weighted by Crippen LogP contribution is 2.45. The Bertz CT molecular complexity index is 355. The molecule has 0 radical (unpaired) electrons. The highest BCUT2D eigenvalue weighted by Gasteiger charge is 2.46. The molecule has 5 heteroatoms. The summed E-state index contributed by atoms with van der Waals surface area (Å²) in [6, 6.07) is 0.0785. The summed E-state index contributed by atoms with van der Waals surface area (Å²) in [5.74, 6) is -0.848. The molecule has 0 aliphatic heterocycles. The largest absolute Gasteiger partial charge is 0.481 e. The molecule has 1 amide bonds. The lowest BCUT2D eigenvalue weighted by molar-refractivity contribution is -0.150. The minimum Gasteiger partial charge on any atom is -0.481 e. The number of hydrogen-bond donors (Lipinski definition) is 3. The van der Waals surface area contributed by atoms with Crippen molar-refractivity contribution in [2.75, 3.05) is 13.1 Å². The molecule has 0 aromatic rings. The third-order valence-corrected chi connectivity index (χ3v) is 4.86. The Morgan fingerprint density at radius 3 is 2.50 bits per heavy atom. The molecule has 0 aromatic heterocycles. The molecule has 0 aromatic carbocycles. The van der Waals surface area contributed by atoms with Gasteiger partial charge in [0.05, 0.1) is 5.92 Å². The van der Waals surface area contributed by atoms with Gasteiger partial charge in [-0.25, -0.2) is 0 Å². The van der Waals surface area contributed by atoms with E-state index in [9.17, 15) is 14.7 Å². The Labute approximate surface area is 121 Å².